The van der Waals surface area contributed by atoms with Crippen LogP contribution in [0.2, 0.25) is 0 Å². The van der Waals surface area contributed by atoms with Gasteiger partial charge in [0.25, 0.3) is 0 Å². The van der Waals surface area contributed by atoms with E-state index in [0.717, 1.165) is 49.6 Å². The zero-order valence-electron chi connectivity index (χ0n) is 15.1. The van der Waals surface area contributed by atoms with Crippen LogP contribution >= 0.6 is 11.5 Å². The Morgan fingerprint density at radius 1 is 1.12 bits per heavy atom. The molecule has 1 unspecified atom stereocenters. The Balaban J connectivity index is 1.40. The van der Waals surface area contributed by atoms with Gasteiger partial charge in [0.2, 0.25) is 11.0 Å². The first-order valence-electron chi connectivity index (χ1n) is 9.73. The molecule has 0 radical (unpaired) electrons. The van der Waals surface area contributed by atoms with Gasteiger partial charge in [-0.15, -0.1) is 0 Å². The number of anilines is 1. The second-order valence-corrected chi connectivity index (χ2v) is 8.08. The molecule has 1 aliphatic carbocycles. The molecule has 5 nitrogen and oxygen atoms in total. The van der Waals surface area contributed by atoms with E-state index < -0.39 is 0 Å². The maximum absolute atomic E-state index is 12.8. The number of benzene rings is 1. The van der Waals surface area contributed by atoms with Crippen molar-refractivity contribution in [3.8, 4) is 0 Å². The molecule has 0 spiro atoms. The Morgan fingerprint density at radius 3 is 2.73 bits per heavy atom. The highest BCUT2D eigenvalue weighted by Crippen LogP contribution is 2.28. The fourth-order valence-electron chi connectivity index (χ4n) is 4.02. The second-order valence-electron chi connectivity index (χ2n) is 7.35. The molecule has 1 aliphatic heterocycles. The number of nitrogens with one attached hydrogen (secondary N) is 1. The molecule has 0 bridgehead atoms. The molecule has 1 saturated carbocycles. The number of carbonyl (C=O) groups excluding carboxylic acids is 1. The van der Waals surface area contributed by atoms with Crippen molar-refractivity contribution in [3.63, 3.8) is 0 Å². The van der Waals surface area contributed by atoms with Crippen LogP contribution in [0.5, 0.6) is 0 Å². The summed E-state index contributed by atoms with van der Waals surface area (Å²) in [6.07, 6.45) is 8.71. The van der Waals surface area contributed by atoms with Crippen molar-refractivity contribution in [2.75, 3.05) is 11.4 Å². The first kappa shape index (κ1) is 17.5. The highest BCUT2D eigenvalue weighted by Gasteiger charge is 2.34. The first-order valence-corrected chi connectivity index (χ1v) is 10.5. The van der Waals surface area contributed by atoms with Crippen LogP contribution in [0.15, 0.2) is 30.3 Å². The first-order chi connectivity index (χ1) is 12.8. The summed E-state index contributed by atoms with van der Waals surface area (Å²) in [4.78, 5) is 19.7. The molecule has 2 aromatic rings. The molecule has 2 fully saturated rings. The highest BCUT2D eigenvalue weighted by atomic mass is 32.1. The Morgan fingerprint density at radius 2 is 1.92 bits per heavy atom. The molecule has 26 heavy (non-hydrogen) atoms. The van der Waals surface area contributed by atoms with Crippen LogP contribution < -0.4 is 10.2 Å². The Bertz CT molecular complexity index is 726. The van der Waals surface area contributed by atoms with Gasteiger partial charge in [-0.1, -0.05) is 49.6 Å². The lowest BCUT2D eigenvalue weighted by molar-refractivity contribution is -0.123. The van der Waals surface area contributed by atoms with E-state index in [1.54, 1.807) is 0 Å². The highest BCUT2D eigenvalue weighted by molar-refractivity contribution is 7.09. The lowest BCUT2D eigenvalue weighted by Crippen LogP contribution is -2.47. The third-order valence-electron chi connectivity index (χ3n) is 5.42. The molecule has 1 N–H and O–H groups in total. The van der Waals surface area contributed by atoms with Crippen LogP contribution in [0.4, 0.5) is 5.13 Å². The van der Waals surface area contributed by atoms with E-state index in [2.05, 4.69) is 26.7 Å². The third kappa shape index (κ3) is 4.06. The van der Waals surface area contributed by atoms with E-state index in [1.807, 2.05) is 18.2 Å². The van der Waals surface area contributed by atoms with Crippen molar-refractivity contribution in [3.05, 3.63) is 41.7 Å². The van der Waals surface area contributed by atoms with Gasteiger partial charge in [-0.3, -0.25) is 4.79 Å². The van der Waals surface area contributed by atoms with E-state index in [9.17, 15) is 4.79 Å². The molecule has 4 rings (SSSR count). The number of rotatable bonds is 5. The van der Waals surface area contributed by atoms with Gasteiger partial charge in [0.1, 0.15) is 11.9 Å². The molecule has 138 valence electrons. The van der Waals surface area contributed by atoms with Gasteiger partial charge >= 0.3 is 0 Å². The maximum atomic E-state index is 12.8. The molecule has 1 atom stereocenters. The average molecular weight is 371 g/mol. The summed E-state index contributed by atoms with van der Waals surface area (Å²) < 4.78 is 4.52. The summed E-state index contributed by atoms with van der Waals surface area (Å²) in [7, 11) is 0. The minimum Gasteiger partial charge on any atom is -0.352 e. The molecule has 1 saturated heterocycles. The zero-order chi connectivity index (χ0) is 17.8. The Hall–Kier alpha value is -1.95. The van der Waals surface area contributed by atoms with Crippen LogP contribution in [-0.4, -0.2) is 33.9 Å². The van der Waals surface area contributed by atoms with Crippen LogP contribution in [0.3, 0.4) is 0 Å². The number of carbonyl (C=O) groups is 1. The van der Waals surface area contributed by atoms with Crippen molar-refractivity contribution in [2.24, 2.45) is 0 Å². The fourth-order valence-corrected chi connectivity index (χ4v) is 4.79. The summed E-state index contributed by atoms with van der Waals surface area (Å²) in [5.74, 6) is 1.02. The number of hydrogen-bond donors (Lipinski definition) is 1. The fraction of sp³-hybridized carbons (Fsp3) is 0.550. The third-order valence-corrected chi connectivity index (χ3v) is 6.21. The predicted molar refractivity (Wildman–Crippen MR) is 105 cm³/mol. The molecule has 1 amide bonds. The van der Waals surface area contributed by atoms with Gasteiger partial charge in [0.05, 0.1) is 0 Å². The molecule has 1 aromatic heterocycles. The van der Waals surface area contributed by atoms with Gasteiger partial charge in [-0.2, -0.15) is 4.37 Å². The zero-order valence-corrected chi connectivity index (χ0v) is 15.9. The minimum atomic E-state index is -0.0885. The topological polar surface area (TPSA) is 58.1 Å². The van der Waals surface area contributed by atoms with Crippen LogP contribution in [0, 0.1) is 0 Å². The monoisotopic (exact) mass is 370 g/mol. The smallest absolute Gasteiger partial charge is 0.243 e. The van der Waals surface area contributed by atoms with Crippen molar-refractivity contribution >= 4 is 22.6 Å². The van der Waals surface area contributed by atoms with Gasteiger partial charge in [-0.25, -0.2) is 4.98 Å². The Labute approximate surface area is 159 Å². The van der Waals surface area contributed by atoms with E-state index in [4.69, 9.17) is 4.98 Å². The van der Waals surface area contributed by atoms with E-state index in [1.165, 1.54) is 36.4 Å². The van der Waals surface area contributed by atoms with Crippen LogP contribution in [0.1, 0.15) is 56.3 Å². The number of amides is 1. The van der Waals surface area contributed by atoms with Gasteiger partial charge in [0, 0.05) is 30.5 Å². The van der Waals surface area contributed by atoms with E-state index in [-0.39, 0.29) is 11.9 Å². The SMILES string of the molecule is O=C(NC1CCCCC1)C1CCCN1c1nc(Cc2ccccc2)ns1. The molecular weight excluding hydrogens is 344 g/mol. The number of nitrogens with zero attached hydrogens (tertiary/aromatic N) is 3. The van der Waals surface area contributed by atoms with Crippen molar-refractivity contribution < 1.29 is 4.79 Å². The number of aromatic nitrogens is 2. The van der Waals surface area contributed by atoms with E-state index >= 15 is 0 Å². The summed E-state index contributed by atoms with van der Waals surface area (Å²) >= 11 is 1.42. The van der Waals surface area contributed by atoms with Gasteiger partial charge in [0.15, 0.2) is 0 Å². The molecule has 2 aliphatic rings. The molecule has 1 aromatic carbocycles. The molecule has 6 heteroatoms. The predicted octanol–water partition coefficient (Wildman–Crippen LogP) is 3.55. The maximum Gasteiger partial charge on any atom is 0.243 e. The van der Waals surface area contributed by atoms with Crippen molar-refractivity contribution in [1.82, 2.24) is 14.7 Å². The summed E-state index contributed by atoms with van der Waals surface area (Å²) in [5.41, 5.74) is 1.21. The molecular formula is C20H26N4OS. The molecule has 2 heterocycles. The average Bonchev–Trinajstić information content (AvgIpc) is 3.32. The van der Waals surface area contributed by atoms with E-state index in [0.29, 0.717) is 6.04 Å². The van der Waals surface area contributed by atoms with Crippen molar-refractivity contribution in [1.29, 1.82) is 0 Å². The lowest BCUT2D eigenvalue weighted by Gasteiger charge is -2.27. The Kier molecular flexibility index (Phi) is 5.48. The van der Waals surface area contributed by atoms with Gasteiger partial charge < -0.3 is 10.2 Å². The minimum absolute atomic E-state index is 0.0885. The largest absolute Gasteiger partial charge is 0.352 e. The summed E-state index contributed by atoms with van der Waals surface area (Å²) in [6.45, 7) is 0.892. The van der Waals surface area contributed by atoms with Gasteiger partial charge in [-0.05, 0) is 31.2 Å². The summed E-state index contributed by atoms with van der Waals surface area (Å²) in [6, 6.07) is 10.6. The number of hydrogen-bond acceptors (Lipinski definition) is 5. The standard InChI is InChI=1S/C20H26N4OS/c25-19(21-16-10-5-2-6-11-16)17-12-7-13-24(17)20-22-18(23-26-20)14-15-8-3-1-4-9-15/h1,3-4,8-9,16-17H,2,5-7,10-14H2,(H,21,25). The second kappa shape index (κ2) is 8.16. The van der Waals surface area contributed by atoms with Crippen LogP contribution in [0.25, 0.3) is 0 Å². The quantitative estimate of drug-likeness (QED) is 0.874. The van der Waals surface area contributed by atoms with Crippen molar-refractivity contribution in [2.45, 2.75) is 63.5 Å². The summed E-state index contributed by atoms with van der Waals surface area (Å²) in [5, 5.41) is 4.17. The van der Waals surface area contributed by atoms with Crippen LogP contribution in [-0.2, 0) is 11.2 Å². The normalized spacial score (nSPS) is 21.1. The lowest BCUT2D eigenvalue weighted by atomic mass is 9.95.